The van der Waals surface area contributed by atoms with Crippen molar-refractivity contribution in [3.05, 3.63) is 0 Å². The van der Waals surface area contributed by atoms with Gasteiger partial charge in [0, 0.05) is 0 Å². The van der Waals surface area contributed by atoms with Crippen LogP contribution in [0.25, 0.3) is 0 Å². The molecule has 0 aliphatic carbocycles. The van der Waals surface area contributed by atoms with Crippen LogP contribution < -0.4 is 5.73 Å². The standard InChI is InChI=1S/C23H49NO3/c1-2-3-4-5-6-7-8-9-10-11-12-13-14-15-16-17-18-19-22(26)23(27)21(24)20-25/h21-23,25-27H,2-20,24H2,1H3. The van der Waals surface area contributed by atoms with Crippen LogP contribution in [0.5, 0.6) is 0 Å². The van der Waals surface area contributed by atoms with E-state index >= 15 is 0 Å². The third-order valence-corrected chi connectivity index (χ3v) is 5.65. The fourth-order valence-electron chi connectivity index (χ4n) is 3.64. The van der Waals surface area contributed by atoms with Gasteiger partial charge >= 0.3 is 0 Å². The smallest absolute Gasteiger partial charge is 0.0971 e. The maximum Gasteiger partial charge on any atom is 0.0971 e. The van der Waals surface area contributed by atoms with Gasteiger partial charge in [-0.3, -0.25) is 0 Å². The van der Waals surface area contributed by atoms with E-state index in [2.05, 4.69) is 6.92 Å². The Kier molecular flexibility index (Phi) is 20.4. The molecule has 0 saturated heterocycles. The Morgan fingerprint density at radius 1 is 0.593 bits per heavy atom. The summed E-state index contributed by atoms with van der Waals surface area (Å²) in [6, 6.07) is -0.745. The molecule has 3 unspecified atom stereocenters. The minimum Gasteiger partial charge on any atom is -0.395 e. The molecular weight excluding hydrogens is 338 g/mol. The minimum absolute atomic E-state index is 0.294. The van der Waals surface area contributed by atoms with E-state index in [4.69, 9.17) is 10.8 Å². The molecule has 0 aliphatic rings. The topological polar surface area (TPSA) is 86.7 Å². The van der Waals surface area contributed by atoms with Crippen molar-refractivity contribution in [2.24, 2.45) is 5.73 Å². The van der Waals surface area contributed by atoms with E-state index in [1.165, 1.54) is 96.3 Å². The van der Waals surface area contributed by atoms with Gasteiger partial charge in [0.15, 0.2) is 0 Å². The third kappa shape index (κ3) is 17.7. The average Bonchev–Trinajstić information content (AvgIpc) is 2.68. The summed E-state index contributed by atoms with van der Waals surface area (Å²) in [5, 5.41) is 28.4. The van der Waals surface area contributed by atoms with Crippen LogP contribution in [-0.2, 0) is 0 Å². The number of aliphatic hydroxyl groups is 3. The summed E-state index contributed by atoms with van der Waals surface area (Å²) < 4.78 is 0. The van der Waals surface area contributed by atoms with Gasteiger partial charge in [-0.1, -0.05) is 116 Å². The lowest BCUT2D eigenvalue weighted by Gasteiger charge is -2.22. The maximum atomic E-state index is 9.80. The summed E-state index contributed by atoms with van der Waals surface area (Å²) in [5.74, 6) is 0. The van der Waals surface area contributed by atoms with Crippen LogP contribution in [0.15, 0.2) is 0 Å². The molecule has 27 heavy (non-hydrogen) atoms. The van der Waals surface area contributed by atoms with Crippen LogP contribution in [0.1, 0.15) is 122 Å². The average molecular weight is 388 g/mol. The summed E-state index contributed by atoms with van der Waals surface area (Å²) in [7, 11) is 0. The second kappa shape index (κ2) is 20.6. The monoisotopic (exact) mass is 387 g/mol. The van der Waals surface area contributed by atoms with Crippen LogP contribution in [-0.4, -0.2) is 40.2 Å². The molecule has 0 saturated carbocycles. The van der Waals surface area contributed by atoms with E-state index in [0.29, 0.717) is 6.42 Å². The van der Waals surface area contributed by atoms with Gasteiger partial charge in [-0.05, 0) is 6.42 Å². The molecule has 5 N–H and O–H groups in total. The highest BCUT2D eigenvalue weighted by Crippen LogP contribution is 2.15. The van der Waals surface area contributed by atoms with Gasteiger partial charge in [-0.2, -0.15) is 0 Å². The lowest BCUT2D eigenvalue weighted by Crippen LogP contribution is -2.45. The molecule has 0 aromatic heterocycles. The van der Waals surface area contributed by atoms with E-state index in [1.54, 1.807) is 0 Å². The predicted octanol–water partition coefficient (Wildman–Crippen LogP) is 5.07. The number of unbranched alkanes of at least 4 members (excludes halogenated alkanes) is 16. The van der Waals surface area contributed by atoms with E-state index < -0.39 is 18.2 Å². The Balaban J connectivity index is 3.19. The number of nitrogens with two attached hydrogens (primary N) is 1. The molecule has 0 heterocycles. The number of hydrogen-bond donors (Lipinski definition) is 4. The number of rotatable bonds is 21. The van der Waals surface area contributed by atoms with Crippen molar-refractivity contribution in [3.8, 4) is 0 Å². The number of hydrogen-bond acceptors (Lipinski definition) is 4. The van der Waals surface area contributed by atoms with Gasteiger partial charge in [0.25, 0.3) is 0 Å². The molecule has 3 atom stereocenters. The Morgan fingerprint density at radius 3 is 1.26 bits per heavy atom. The summed E-state index contributed by atoms with van der Waals surface area (Å²) in [4.78, 5) is 0. The van der Waals surface area contributed by atoms with E-state index in [0.717, 1.165) is 12.8 Å². The molecule has 0 aliphatic heterocycles. The van der Waals surface area contributed by atoms with Gasteiger partial charge < -0.3 is 21.1 Å². The first kappa shape index (κ1) is 26.8. The van der Waals surface area contributed by atoms with Crippen molar-refractivity contribution < 1.29 is 15.3 Å². The first-order valence-electron chi connectivity index (χ1n) is 11.9. The molecule has 0 radical (unpaired) electrons. The highest BCUT2D eigenvalue weighted by molar-refractivity contribution is 4.77. The normalized spacial score (nSPS) is 15.0. The second-order valence-corrected chi connectivity index (χ2v) is 8.35. The van der Waals surface area contributed by atoms with Gasteiger partial charge in [0.1, 0.15) is 0 Å². The minimum atomic E-state index is -1.02. The van der Waals surface area contributed by atoms with Gasteiger partial charge in [0.2, 0.25) is 0 Å². The molecule has 164 valence electrons. The lowest BCUT2D eigenvalue weighted by atomic mass is 10.00. The predicted molar refractivity (Wildman–Crippen MR) is 116 cm³/mol. The van der Waals surface area contributed by atoms with E-state index in [9.17, 15) is 10.2 Å². The van der Waals surface area contributed by atoms with Crippen LogP contribution in [0.4, 0.5) is 0 Å². The SMILES string of the molecule is CCCCCCCCCCCCCCCCCCCC(O)C(O)C(N)CO. The highest BCUT2D eigenvalue weighted by Gasteiger charge is 2.22. The first-order valence-corrected chi connectivity index (χ1v) is 11.9. The second-order valence-electron chi connectivity index (χ2n) is 8.35. The number of aliphatic hydroxyl groups excluding tert-OH is 3. The van der Waals surface area contributed by atoms with Crippen molar-refractivity contribution >= 4 is 0 Å². The van der Waals surface area contributed by atoms with Crippen LogP contribution in [0.3, 0.4) is 0 Å². The van der Waals surface area contributed by atoms with Gasteiger partial charge in [-0.25, -0.2) is 0 Å². The van der Waals surface area contributed by atoms with Crippen molar-refractivity contribution in [2.75, 3.05) is 6.61 Å². The first-order chi connectivity index (χ1) is 13.1. The van der Waals surface area contributed by atoms with Gasteiger partial charge in [0.05, 0.1) is 24.9 Å². The molecule has 0 spiro atoms. The van der Waals surface area contributed by atoms with Crippen LogP contribution in [0.2, 0.25) is 0 Å². The summed E-state index contributed by atoms with van der Waals surface area (Å²) in [6.45, 7) is 1.98. The van der Waals surface area contributed by atoms with E-state index in [-0.39, 0.29) is 6.61 Å². The third-order valence-electron chi connectivity index (χ3n) is 5.65. The molecule has 4 nitrogen and oxygen atoms in total. The van der Waals surface area contributed by atoms with Crippen LogP contribution >= 0.6 is 0 Å². The Morgan fingerprint density at radius 2 is 0.926 bits per heavy atom. The summed E-state index contributed by atoms with van der Waals surface area (Å²) in [5.41, 5.74) is 5.52. The summed E-state index contributed by atoms with van der Waals surface area (Å²) in [6.07, 6.45) is 21.4. The largest absolute Gasteiger partial charge is 0.395 e. The molecule has 0 fully saturated rings. The molecule has 4 heteroatoms. The summed E-state index contributed by atoms with van der Waals surface area (Å²) >= 11 is 0. The Labute approximate surface area is 168 Å². The van der Waals surface area contributed by atoms with Gasteiger partial charge in [-0.15, -0.1) is 0 Å². The zero-order valence-electron chi connectivity index (χ0n) is 18.1. The molecule has 0 aromatic rings. The van der Waals surface area contributed by atoms with Crippen LogP contribution in [0, 0.1) is 0 Å². The Hall–Kier alpha value is -0.160. The van der Waals surface area contributed by atoms with E-state index in [1.807, 2.05) is 0 Å². The highest BCUT2D eigenvalue weighted by atomic mass is 16.3. The fraction of sp³-hybridized carbons (Fsp3) is 1.00. The lowest BCUT2D eigenvalue weighted by molar-refractivity contribution is -0.0121. The zero-order valence-corrected chi connectivity index (χ0v) is 18.1. The maximum absolute atomic E-state index is 9.80. The van der Waals surface area contributed by atoms with Crippen molar-refractivity contribution in [3.63, 3.8) is 0 Å². The molecule has 0 bridgehead atoms. The Bertz CT molecular complexity index is 289. The molecule has 0 amide bonds. The quantitative estimate of drug-likeness (QED) is 0.207. The zero-order chi connectivity index (χ0) is 20.2. The van der Waals surface area contributed by atoms with Crippen molar-refractivity contribution in [1.29, 1.82) is 0 Å². The van der Waals surface area contributed by atoms with Crippen molar-refractivity contribution in [2.45, 2.75) is 141 Å². The molecule has 0 rings (SSSR count). The molecular formula is C23H49NO3. The fourth-order valence-corrected chi connectivity index (χ4v) is 3.64. The van der Waals surface area contributed by atoms with Crippen molar-refractivity contribution in [1.82, 2.24) is 0 Å². The molecule has 0 aromatic carbocycles.